The van der Waals surface area contributed by atoms with Crippen LogP contribution in [0, 0.1) is 0 Å². The lowest BCUT2D eigenvalue weighted by molar-refractivity contribution is -0.117. The number of aromatic nitrogens is 3. The summed E-state index contributed by atoms with van der Waals surface area (Å²) < 4.78 is 0. The van der Waals surface area contributed by atoms with Gasteiger partial charge in [-0.3, -0.25) is 15.2 Å². The fraction of sp³-hybridized carbons (Fsp3) is 0.333. The summed E-state index contributed by atoms with van der Waals surface area (Å²) in [5, 5.41) is 12.3. The van der Waals surface area contributed by atoms with Crippen LogP contribution >= 0.6 is 11.8 Å². The normalized spacial score (nSPS) is 11.7. The minimum Gasteiger partial charge on any atom is -0.335 e. The maximum Gasteiger partial charge on any atom is 0.321 e. The Hall–Kier alpha value is -2.35. The molecule has 7 nitrogen and oxygen atoms in total. The molecule has 0 aliphatic carbocycles. The van der Waals surface area contributed by atoms with E-state index in [4.69, 9.17) is 0 Å². The summed E-state index contributed by atoms with van der Waals surface area (Å²) in [4.78, 5) is 27.6. The highest BCUT2D eigenvalue weighted by molar-refractivity contribution is 7.99. The second-order valence-electron chi connectivity index (χ2n) is 4.95. The smallest absolute Gasteiger partial charge is 0.321 e. The van der Waals surface area contributed by atoms with Crippen molar-refractivity contribution >= 4 is 23.7 Å². The number of urea groups is 1. The van der Waals surface area contributed by atoms with Crippen LogP contribution in [0.3, 0.4) is 0 Å². The molecule has 0 bridgehead atoms. The third-order valence-corrected chi connectivity index (χ3v) is 3.93. The fourth-order valence-electron chi connectivity index (χ4n) is 1.69. The predicted octanol–water partition coefficient (Wildman–Crippen LogP) is 2.19. The predicted molar refractivity (Wildman–Crippen MR) is 89.0 cm³/mol. The second kappa shape index (κ2) is 8.33. The van der Waals surface area contributed by atoms with Gasteiger partial charge >= 0.3 is 6.03 Å². The van der Waals surface area contributed by atoms with E-state index in [9.17, 15) is 9.59 Å². The van der Waals surface area contributed by atoms with Crippen molar-refractivity contribution in [1.82, 2.24) is 25.8 Å². The monoisotopic (exact) mass is 333 g/mol. The first-order valence-corrected chi connectivity index (χ1v) is 8.28. The number of H-pyrrole nitrogens is 1. The number of thioether (sulfide) groups is 1. The van der Waals surface area contributed by atoms with E-state index in [0.29, 0.717) is 11.0 Å². The van der Waals surface area contributed by atoms with Crippen LogP contribution in [0.15, 0.2) is 35.5 Å². The van der Waals surface area contributed by atoms with Crippen LogP contribution in [0.4, 0.5) is 4.79 Å². The maximum atomic E-state index is 11.7. The molecule has 0 fully saturated rings. The lowest BCUT2D eigenvalue weighted by Gasteiger charge is -2.11. The Bertz CT molecular complexity index is 659. The van der Waals surface area contributed by atoms with Crippen LogP contribution in [-0.2, 0) is 4.79 Å². The third-order valence-electron chi connectivity index (χ3n) is 3.09. The van der Waals surface area contributed by atoms with E-state index in [1.807, 2.05) is 44.2 Å². The number of carbonyl (C=O) groups excluding carboxylic acids is 2. The van der Waals surface area contributed by atoms with Gasteiger partial charge in [-0.05, 0) is 13.3 Å². The number of nitrogens with zero attached hydrogens (tertiary/aromatic N) is 2. The number of imide groups is 1. The molecular weight excluding hydrogens is 314 g/mol. The van der Waals surface area contributed by atoms with Crippen molar-refractivity contribution in [2.75, 3.05) is 5.75 Å². The lowest BCUT2D eigenvalue weighted by atomic mass is 10.2. The topological polar surface area (TPSA) is 99.8 Å². The molecule has 0 spiro atoms. The molecule has 0 saturated heterocycles. The van der Waals surface area contributed by atoms with Gasteiger partial charge in [0.05, 0.1) is 5.75 Å². The first-order chi connectivity index (χ1) is 11.1. The Morgan fingerprint density at radius 1 is 1.30 bits per heavy atom. The average molecular weight is 333 g/mol. The third kappa shape index (κ3) is 5.41. The van der Waals surface area contributed by atoms with Gasteiger partial charge in [0.1, 0.15) is 0 Å². The van der Waals surface area contributed by atoms with E-state index in [2.05, 4.69) is 25.8 Å². The largest absolute Gasteiger partial charge is 0.335 e. The van der Waals surface area contributed by atoms with Crippen molar-refractivity contribution in [3.05, 3.63) is 30.3 Å². The molecular formula is C15H19N5O2S. The average Bonchev–Trinajstić information content (AvgIpc) is 3.02. The summed E-state index contributed by atoms with van der Waals surface area (Å²) in [6, 6.07) is 9.12. The van der Waals surface area contributed by atoms with E-state index < -0.39 is 6.03 Å². The van der Waals surface area contributed by atoms with Crippen molar-refractivity contribution < 1.29 is 9.59 Å². The molecule has 23 heavy (non-hydrogen) atoms. The summed E-state index contributed by atoms with van der Waals surface area (Å²) in [6.07, 6.45) is 0.801. The lowest BCUT2D eigenvalue weighted by Crippen LogP contribution is -2.43. The molecule has 0 unspecified atom stereocenters. The van der Waals surface area contributed by atoms with Gasteiger partial charge < -0.3 is 5.32 Å². The number of nitrogens with one attached hydrogen (secondary N) is 3. The Kier molecular flexibility index (Phi) is 6.16. The van der Waals surface area contributed by atoms with Crippen LogP contribution in [0.5, 0.6) is 0 Å². The summed E-state index contributed by atoms with van der Waals surface area (Å²) in [7, 11) is 0. The maximum absolute atomic E-state index is 11.7. The highest BCUT2D eigenvalue weighted by Gasteiger charge is 2.12. The summed E-state index contributed by atoms with van der Waals surface area (Å²) >= 11 is 1.17. The molecule has 2 rings (SSSR count). The van der Waals surface area contributed by atoms with Crippen molar-refractivity contribution in [3.8, 4) is 11.4 Å². The molecule has 3 amide bonds. The highest BCUT2D eigenvalue weighted by atomic mass is 32.2. The van der Waals surface area contributed by atoms with Crippen molar-refractivity contribution in [2.45, 2.75) is 31.5 Å². The van der Waals surface area contributed by atoms with Gasteiger partial charge in [0, 0.05) is 11.6 Å². The molecule has 1 atom stereocenters. The molecule has 122 valence electrons. The van der Waals surface area contributed by atoms with Crippen molar-refractivity contribution in [3.63, 3.8) is 0 Å². The summed E-state index contributed by atoms with van der Waals surface area (Å²) in [6.45, 7) is 3.83. The SMILES string of the molecule is CC[C@H](C)NC(=O)NC(=O)CSc1n[nH]c(-c2ccccc2)n1. The number of hydrogen-bond acceptors (Lipinski definition) is 5. The van der Waals surface area contributed by atoms with Crippen LogP contribution in [0.1, 0.15) is 20.3 Å². The number of hydrogen-bond donors (Lipinski definition) is 3. The van der Waals surface area contributed by atoms with E-state index in [1.54, 1.807) is 0 Å². The Morgan fingerprint density at radius 2 is 2.04 bits per heavy atom. The number of benzene rings is 1. The number of aromatic amines is 1. The molecule has 0 radical (unpaired) electrons. The Labute approximate surface area is 138 Å². The zero-order valence-corrected chi connectivity index (χ0v) is 13.8. The Balaban J connectivity index is 1.81. The van der Waals surface area contributed by atoms with Gasteiger partial charge in [-0.15, -0.1) is 5.10 Å². The van der Waals surface area contributed by atoms with Gasteiger partial charge in [0.15, 0.2) is 5.82 Å². The highest BCUT2D eigenvalue weighted by Crippen LogP contribution is 2.18. The molecule has 2 aromatic rings. The molecule has 1 heterocycles. The van der Waals surface area contributed by atoms with Gasteiger partial charge in [-0.2, -0.15) is 0 Å². The molecule has 0 aliphatic rings. The van der Waals surface area contributed by atoms with E-state index in [0.717, 1.165) is 12.0 Å². The molecule has 1 aromatic heterocycles. The molecule has 1 aromatic carbocycles. The van der Waals surface area contributed by atoms with Gasteiger partial charge in [-0.1, -0.05) is 49.0 Å². The zero-order valence-electron chi connectivity index (χ0n) is 13.0. The molecule has 0 aliphatic heterocycles. The minimum absolute atomic E-state index is 0.0249. The van der Waals surface area contributed by atoms with Gasteiger partial charge in [-0.25, -0.2) is 9.78 Å². The number of carbonyl (C=O) groups is 2. The van der Waals surface area contributed by atoms with Crippen molar-refractivity contribution in [1.29, 1.82) is 0 Å². The Morgan fingerprint density at radius 3 is 2.74 bits per heavy atom. The fourth-order valence-corrected chi connectivity index (χ4v) is 2.29. The van der Waals surface area contributed by atoms with Crippen LogP contribution in [-0.4, -0.2) is 38.9 Å². The van der Waals surface area contributed by atoms with Gasteiger partial charge in [0.25, 0.3) is 0 Å². The molecule has 8 heteroatoms. The van der Waals surface area contributed by atoms with Crippen LogP contribution < -0.4 is 10.6 Å². The van der Waals surface area contributed by atoms with E-state index >= 15 is 0 Å². The molecule has 3 N–H and O–H groups in total. The standard InChI is InChI=1S/C15H19N5O2S/c1-3-10(2)16-14(22)17-12(21)9-23-15-18-13(19-20-15)11-7-5-4-6-8-11/h4-8,10H,3,9H2,1-2H3,(H,18,19,20)(H2,16,17,21,22)/t10-/m0/s1. The first kappa shape index (κ1) is 17.0. The van der Waals surface area contributed by atoms with Crippen molar-refractivity contribution in [2.24, 2.45) is 0 Å². The quantitative estimate of drug-likeness (QED) is 0.704. The van der Waals surface area contributed by atoms with Crippen LogP contribution in [0.2, 0.25) is 0 Å². The number of rotatable bonds is 6. The zero-order chi connectivity index (χ0) is 16.7. The summed E-state index contributed by atoms with van der Waals surface area (Å²) in [5.41, 5.74) is 0.921. The number of amides is 3. The molecule has 0 saturated carbocycles. The first-order valence-electron chi connectivity index (χ1n) is 7.29. The van der Waals surface area contributed by atoms with E-state index in [1.165, 1.54) is 11.8 Å². The minimum atomic E-state index is -0.482. The van der Waals surface area contributed by atoms with E-state index in [-0.39, 0.29) is 17.7 Å². The van der Waals surface area contributed by atoms with Crippen LogP contribution in [0.25, 0.3) is 11.4 Å². The summed E-state index contributed by atoms with van der Waals surface area (Å²) in [5.74, 6) is 0.324. The second-order valence-corrected chi connectivity index (χ2v) is 5.89. The van der Waals surface area contributed by atoms with Gasteiger partial charge in [0.2, 0.25) is 11.1 Å².